The van der Waals surface area contributed by atoms with E-state index in [0.29, 0.717) is 24.4 Å². The molecule has 0 aromatic heterocycles. The Balaban J connectivity index is 2.22. The van der Waals surface area contributed by atoms with Gasteiger partial charge in [0.05, 0.1) is 0 Å². The van der Waals surface area contributed by atoms with Crippen LogP contribution < -0.4 is 5.73 Å². The van der Waals surface area contributed by atoms with Crippen LogP contribution in [0.5, 0.6) is 0 Å². The molecule has 1 nitrogen and oxygen atoms in total. The zero-order valence-electron chi connectivity index (χ0n) is 9.47. The van der Waals surface area contributed by atoms with Crippen LogP contribution in [0.1, 0.15) is 25.3 Å². The summed E-state index contributed by atoms with van der Waals surface area (Å²) in [7, 11) is 0. The molecule has 0 amide bonds. The van der Waals surface area contributed by atoms with Crippen LogP contribution in [0.3, 0.4) is 0 Å². The van der Waals surface area contributed by atoms with Crippen molar-refractivity contribution >= 4 is 0 Å². The van der Waals surface area contributed by atoms with Gasteiger partial charge in [-0.25, -0.2) is 8.78 Å². The van der Waals surface area contributed by atoms with Gasteiger partial charge in [0.2, 0.25) is 0 Å². The first-order chi connectivity index (χ1) is 7.57. The Morgan fingerprint density at radius 2 is 2.06 bits per heavy atom. The van der Waals surface area contributed by atoms with Crippen molar-refractivity contribution in [2.75, 3.05) is 6.54 Å². The lowest BCUT2D eigenvalue weighted by molar-refractivity contribution is 0.277. The van der Waals surface area contributed by atoms with E-state index in [4.69, 9.17) is 5.73 Å². The molecule has 1 aliphatic rings. The lowest BCUT2D eigenvalue weighted by Crippen LogP contribution is -2.32. The number of hydrogen-bond acceptors (Lipinski definition) is 1. The van der Waals surface area contributed by atoms with Crippen LogP contribution in [0.15, 0.2) is 18.2 Å². The third-order valence-corrected chi connectivity index (χ3v) is 3.66. The molecule has 0 heterocycles. The molecule has 1 saturated carbocycles. The number of rotatable bonds is 4. The molecule has 3 heteroatoms. The molecule has 2 N–H and O–H groups in total. The summed E-state index contributed by atoms with van der Waals surface area (Å²) in [5.74, 6) is -0.921. The van der Waals surface area contributed by atoms with E-state index < -0.39 is 11.6 Å². The molecule has 88 valence electrons. The molecule has 16 heavy (non-hydrogen) atoms. The van der Waals surface area contributed by atoms with Crippen molar-refractivity contribution in [3.05, 3.63) is 35.4 Å². The molecule has 1 aromatic rings. The molecular weight excluding hydrogens is 208 g/mol. The zero-order valence-corrected chi connectivity index (χ0v) is 9.47. The Bertz CT molecular complexity index is 388. The predicted molar refractivity (Wildman–Crippen MR) is 59.9 cm³/mol. The Labute approximate surface area is 94.7 Å². The van der Waals surface area contributed by atoms with E-state index in [9.17, 15) is 8.78 Å². The molecule has 1 fully saturated rings. The van der Waals surface area contributed by atoms with Crippen molar-refractivity contribution in [2.24, 2.45) is 17.1 Å². The first-order valence-corrected chi connectivity index (χ1v) is 5.70. The monoisotopic (exact) mass is 225 g/mol. The van der Waals surface area contributed by atoms with Crippen molar-refractivity contribution in [1.29, 1.82) is 0 Å². The molecule has 0 spiro atoms. The van der Waals surface area contributed by atoms with Crippen molar-refractivity contribution in [3.8, 4) is 0 Å². The maximum absolute atomic E-state index is 13.5. The van der Waals surface area contributed by atoms with Gasteiger partial charge in [-0.3, -0.25) is 0 Å². The molecular formula is C13H17F2N. The summed E-state index contributed by atoms with van der Waals surface area (Å²) in [5, 5.41) is 0. The molecule has 1 unspecified atom stereocenters. The van der Waals surface area contributed by atoms with Gasteiger partial charge >= 0.3 is 0 Å². The highest BCUT2D eigenvalue weighted by Crippen LogP contribution is 2.46. The van der Waals surface area contributed by atoms with Crippen molar-refractivity contribution in [3.63, 3.8) is 0 Å². The minimum absolute atomic E-state index is 0.0887. The van der Waals surface area contributed by atoms with E-state index in [1.807, 2.05) is 0 Å². The Kier molecular flexibility index (Phi) is 2.98. The van der Waals surface area contributed by atoms with Gasteiger partial charge in [0.25, 0.3) is 0 Å². The average molecular weight is 225 g/mol. The molecule has 2 rings (SSSR count). The Morgan fingerprint density at radius 3 is 2.62 bits per heavy atom. The first-order valence-electron chi connectivity index (χ1n) is 5.70. The molecule has 1 aliphatic carbocycles. The molecule has 1 aromatic carbocycles. The van der Waals surface area contributed by atoms with Gasteiger partial charge in [-0.1, -0.05) is 19.1 Å². The summed E-state index contributed by atoms with van der Waals surface area (Å²) < 4.78 is 26.6. The molecule has 0 aliphatic heterocycles. The average Bonchev–Trinajstić information content (AvgIpc) is 3.08. The second-order valence-corrected chi connectivity index (χ2v) is 5.02. The van der Waals surface area contributed by atoms with Crippen molar-refractivity contribution in [2.45, 2.75) is 26.2 Å². The molecule has 0 saturated heterocycles. The van der Waals surface area contributed by atoms with Gasteiger partial charge < -0.3 is 5.73 Å². The number of benzene rings is 1. The lowest BCUT2D eigenvalue weighted by Gasteiger charge is -2.28. The van der Waals surface area contributed by atoms with Crippen LogP contribution in [0, 0.1) is 23.0 Å². The highest BCUT2D eigenvalue weighted by Gasteiger charge is 2.40. The minimum atomic E-state index is -0.771. The lowest BCUT2D eigenvalue weighted by atomic mass is 9.79. The van der Waals surface area contributed by atoms with Gasteiger partial charge in [-0.15, -0.1) is 0 Å². The maximum atomic E-state index is 13.5. The third-order valence-electron chi connectivity index (χ3n) is 3.66. The van der Waals surface area contributed by atoms with Crippen LogP contribution in [0.25, 0.3) is 0 Å². The van der Waals surface area contributed by atoms with Crippen LogP contribution in [-0.4, -0.2) is 6.54 Å². The smallest absolute Gasteiger partial charge is 0.162 e. The van der Waals surface area contributed by atoms with E-state index in [1.165, 1.54) is 0 Å². The van der Waals surface area contributed by atoms with Gasteiger partial charge in [0, 0.05) is 0 Å². The predicted octanol–water partition coefficient (Wildman–Crippen LogP) is 2.88. The summed E-state index contributed by atoms with van der Waals surface area (Å²) in [5.41, 5.74) is 6.12. The maximum Gasteiger partial charge on any atom is 0.162 e. The molecule has 0 bridgehead atoms. The number of nitrogens with two attached hydrogens (primary N) is 1. The Morgan fingerprint density at radius 1 is 1.38 bits per heavy atom. The van der Waals surface area contributed by atoms with Crippen molar-refractivity contribution in [1.82, 2.24) is 0 Å². The standard InChI is InChI=1S/C13H17F2N/c1-13(8-16,10-5-6-10)7-9-3-2-4-11(14)12(9)15/h2-4,10H,5-8,16H2,1H3. The summed E-state index contributed by atoms with van der Waals surface area (Å²) in [4.78, 5) is 0. The van der Waals surface area contributed by atoms with Gasteiger partial charge in [-0.05, 0) is 48.8 Å². The fourth-order valence-corrected chi connectivity index (χ4v) is 2.28. The largest absolute Gasteiger partial charge is 0.330 e. The fourth-order valence-electron chi connectivity index (χ4n) is 2.28. The van der Waals surface area contributed by atoms with Crippen LogP contribution >= 0.6 is 0 Å². The topological polar surface area (TPSA) is 26.0 Å². The minimum Gasteiger partial charge on any atom is -0.330 e. The van der Waals surface area contributed by atoms with E-state index in [1.54, 1.807) is 12.1 Å². The number of hydrogen-bond donors (Lipinski definition) is 1. The van der Waals surface area contributed by atoms with Gasteiger partial charge in [-0.2, -0.15) is 0 Å². The number of halogens is 2. The molecule has 1 atom stereocenters. The van der Waals surface area contributed by atoms with Gasteiger partial charge in [0.1, 0.15) is 0 Å². The highest BCUT2D eigenvalue weighted by atomic mass is 19.2. The third kappa shape index (κ3) is 2.09. The van der Waals surface area contributed by atoms with E-state index in [0.717, 1.165) is 18.9 Å². The van der Waals surface area contributed by atoms with E-state index in [-0.39, 0.29) is 5.41 Å². The Hall–Kier alpha value is -0.960. The molecule has 0 radical (unpaired) electrons. The SMILES string of the molecule is CC(CN)(Cc1cccc(F)c1F)C1CC1. The van der Waals surface area contributed by atoms with Crippen LogP contribution in [0.4, 0.5) is 8.78 Å². The van der Waals surface area contributed by atoms with Crippen molar-refractivity contribution < 1.29 is 8.78 Å². The normalized spacial score (nSPS) is 19.5. The first kappa shape index (κ1) is 11.5. The fraction of sp³-hybridized carbons (Fsp3) is 0.538. The summed E-state index contributed by atoms with van der Waals surface area (Å²) >= 11 is 0. The highest BCUT2D eigenvalue weighted by molar-refractivity contribution is 5.21. The zero-order chi connectivity index (χ0) is 11.8. The van der Waals surface area contributed by atoms with E-state index in [2.05, 4.69) is 6.92 Å². The van der Waals surface area contributed by atoms with E-state index >= 15 is 0 Å². The van der Waals surface area contributed by atoms with Crippen LogP contribution in [-0.2, 0) is 6.42 Å². The van der Waals surface area contributed by atoms with Crippen LogP contribution in [0.2, 0.25) is 0 Å². The second-order valence-electron chi connectivity index (χ2n) is 5.02. The summed E-state index contributed by atoms with van der Waals surface area (Å²) in [6.07, 6.45) is 2.84. The van der Waals surface area contributed by atoms with Gasteiger partial charge in [0.15, 0.2) is 11.6 Å². The second kappa shape index (κ2) is 4.13. The quantitative estimate of drug-likeness (QED) is 0.837. The summed E-state index contributed by atoms with van der Waals surface area (Å²) in [6, 6.07) is 4.35. The summed E-state index contributed by atoms with van der Waals surface area (Å²) in [6.45, 7) is 2.59.